The number of piperidine rings is 1. The van der Waals surface area contributed by atoms with Gasteiger partial charge in [0.25, 0.3) is 0 Å². The summed E-state index contributed by atoms with van der Waals surface area (Å²) in [4.78, 5) is 2.77. The van der Waals surface area contributed by atoms with Gasteiger partial charge < -0.3 is 5.32 Å². The number of rotatable bonds is 4. The lowest BCUT2D eigenvalue weighted by molar-refractivity contribution is 0.0964. The smallest absolute Gasteiger partial charge is 0.0239 e. The zero-order valence-corrected chi connectivity index (χ0v) is 12.2. The Morgan fingerprint density at radius 2 is 1.74 bits per heavy atom. The van der Waals surface area contributed by atoms with E-state index in [4.69, 9.17) is 0 Å². The van der Waals surface area contributed by atoms with E-state index in [0.29, 0.717) is 0 Å². The van der Waals surface area contributed by atoms with Gasteiger partial charge in [-0.1, -0.05) is 29.8 Å². The number of hydrogen-bond acceptors (Lipinski definition) is 2. The van der Waals surface area contributed by atoms with Crippen molar-refractivity contribution >= 4 is 0 Å². The third kappa shape index (κ3) is 2.85. The highest BCUT2D eigenvalue weighted by Crippen LogP contribution is 2.39. The van der Waals surface area contributed by atoms with Gasteiger partial charge in [-0.2, -0.15) is 0 Å². The van der Waals surface area contributed by atoms with Crippen LogP contribution in [-0.4, -0.2) is 30.6 Å². The molecule has 19 heavy (non-hydrogen) atoms. The maximum absolute atomic E-state index is 3.36. The molecule has 0 aliphatic carbocycles. The Kier molecular flexibility index (Phi) is 3.90. The number of fused-ring (bicyclic) bond motifs is 2. The largest absolute Gasteiger partial charge is 0.319 e. The van der Waals surface area contributed by atoms with Crippen LogP contribution in [0.25, 0.3) is 0 Å². The summed E-state index contributed by atoms with van der Waals surface area (Å²) >= 11 is 0. The Bertz CT molecular complexity index is 398. The molecule has 2 heteroatoms. The minimum Gasteiger partial charge on any atom is -0.319 e. The van der Waals surface area contributed by atoms with Gasteiger partial charge in [0.1, 0.15) is 0 Å². The van der Waals surface area contributed by atoms with Crippen LogP contribution < -0.4 is 5.32 Å². The Balaban J connectivity index is 1.65. The molecule has 3 rings (SSSR count). The second kappa shape index (κ2) is 5.64. The normalized spacial score (nSPS) is 30.7. The molecule has 2 nitrogen and oxygen atoms in total. The molecule has 2 atom stereocenters. The molecule has 2 aliphatic rings. The minimum atomic E-state index is 0.832. The second-order valence-electron chi connectivity index (χ2n) is 6.44. The van der Waals surface area contributed by atoms with E-state index < -0.39 is 0 Å². The van der Waals surface area contributed by atoms with Crippen LogP contribution in [0.1, 0.15) is 36.8 Å². The zero-order valence-electron chi connectivity index (χ0n) is 12.2. The van der Waals surface area contributed by atoms with E-state index in [0.717, 1.165) is 24.5 Å². The lowest BCUT2D eigenvalue weighted by atomic mass is 9.90. The van der Waals surface area contributed by atoms with Gasteiger partial charge in [0.2, 0.25) is 0 Å². The summed E-state index contributed by atoms with van der Waals surface area (Å²) in [5, 5.41) is 3.36. The maximum atomic E-state index is 3.36. The van der Waals surface area contributed by atoms with Crippen LogP contribution in [0.3, 0.4) is 0 Å². The first-order valence-electron chi connectivity index (χ1n) is 7.72. The Hall–Kier alpha value is -0.860. The monoisotopic (exact) mass is 258 g/mol. The van der Waals surface area contributed by atoms with Crippen LogP contribution in [0.15, 0.2) is 24.3 Å². The molecule has 1 aromatic rings. The first kappa shape index (κ1) is 13.1. The second-order valence-corrected chi connectivity index (χ2v) is 6.44. The van der Waals surface area contributed by atoms with Gasteiger partial charge in [0, 0.05) is 18.6 Å². The van der Waals surface area contributed by atoms with E-state index in [1.807, 2.05) is 0 Å². The summed E-state index contributed by atoms with van der Waals surface area (Å²) in [6.07, 6.45) is 5.61. The predicted molar refractivity (Wildman–Crippen MR) is 80.2 cm³/mol. The molecule has 0 saturated carbocycles. The van der Waals surface area contributed by atoms with Gasteiger partial charge in [0.05, 0.1) is 0 Å². The molecule has 1 N–H and O–H groups in total. The predicted octanol–water partition coefficient (Wildman–Crippen LogP) is 2.96. The highest BCUT2D eigenvalue weighted by atomic mass is 15.2. The van der Waals surface area contributed by atoms with E-state index in [1.165, 1.54) is 43.4 Å². The molecule has 0 aromatic heterocycles. The molecule has 0 amide bonds. The van der Waals surface area contributed by atoms with E-state index in [9.17, 15) is 0 Å². The van der Waals surface area contributed by atoms with Crippen molar-refractivity contribution in [2.24, 2.45) is 5.92 Å². The van der Waals surface area contributed by atoms with Crippen LogP contribution in [0, 0.1) is 12.8 Å². The average Bonchev–Trinajstić information content (AvgIpc) is 2.64. The van der Waals surface area contributed by atoms with Gasteiger partial charge in [-0.05, 0) is 57.7 Å². The molecule has 2 saturated heterocycles. The molecule has 104 valence electrons. The van der Waals surface area contributed by atoms with Crippen LogP contribution in [0.4, 0.5) is 0 Å². The van der Waals surface area contributed by atoms with Crippen molar-refractivity contribution in [3.05, 3.63) is 35.4 Å². The fraction of sp³-hybridized carbons (Fsp3) is 0.647. The Morgan fingerprint density at radius 1 is 1.11 bits per heavy atom. The topological polar surface area (TPSA) is 15.3 Å². The summed E-state index contributed by atoms with van der Waals surface area (Å²) < 4.78 is 0. The molecular formula is C17H26N2. The molecule has 2 bridgehead atoms. The van der Waals surface area contributed by atoms with Crippen molar-refractivity contribution in [1.29, 1.82) is 0 Å². The fourth-order valence-electron chi connectivity index (χ4n) is 4.00. The van der Waals surface area contributed by atoms with E-state index in [2.05, 4.69) is 48.5 Å². The molecule has 2 aliphatic heterocycles. The number of benzene rings is 1. The van der Waals surface area contributed by atoms with Gasteiger partial charge >= 0.3 is 0 Å². The summed E-state index contributed by atoms with van der Waals surface area (Å²) in [7, 11) is 2.08. The molecule has 2 fully saturated rings. The lowest BCUT2D eigenvalue weighted by Gasteiger charge is -2.39. The standard InChI is InChI=1S/C17H26N2/c1-13-3-5-14(6-4-13)12-19-16-7-8-17(19)10-15(9-16)11-18-2/h3-6,15-18H,7-12H2,1-2H3. The first-order chi connectivity index (χ1) is 9.26. The van der Waals surface area contributed by atoms with Crippen molar-refractivity contribution in [3.8, 4) is 0 Å². The Morgan fingerprint density at radius 3 is 2.32 bits per heavy atom. The van der Waals surface area contributed by atoms with Crippen molar-refractivity contribution in [3.63, 3.8) is 0 Å². The van der Waals surface area contributed by atoms with Crippen molar-refractivity contribution < 1.29 is 0 Å². The van der Waals surface area contributed by atoms with E-state index in [1.54, 1.807) is 0 Å². The third-order valence-electron chi connectivity index (χ3n) is 4.96. The summed E-state index contributed by atoms with van der Waals surface area (Å²) in [5.74, 6) is 0.900. The number of nitrogens with zero attached hydrogens (tertiary/aromatic N) is 1. The summed E-state index contributed by atoms with van der Waals surface area (Å²) in [5.41, 5.74) is 2.84. The molecular weight excluding hydrogens is 232 g/mol. The molecule has 0 spiro atoms. The number of hydrogen-bond donors (Lipinski definition) is 1. The molecule has 0 radical (unpaired) electrons. The van der Waals surface area contributed by atoms with Gasteiger partial charge in [-0.25, -0.2) is 0 Å². The third-order valence-corrected chi connectivity index (χ3v) is 4.96. The van der Waals surface area contributed by atoms with Crippen LogP contribution in [0.5, 0.6) is 0 Å². The molecule has 2 unspecified atom stereocenters. The average molecular weight is 258 g/mol. The highest BCUT2D eigenvalue weighted by Gasteiger charge is 2.39. The summed E-state index contributed by atoms with van der Waals surface area (Å²) in [6, 6.07) is 10.7. The number of nitrogens with one attached hydrogen (secondary N) is 1. The summed E-state index contributed by atoms with van der Waals surface area (Å²) in [6.45, 7) is 4.52. The van der Waals surface area contributed by atoms with Gasteiger partial charge in [0.15, 0.2) is 0 Å². The van der Waals surface area contributed by atoms with Crippen LogP contribution in [-0.2, 0) is 6.54 Å². The molecule has 1 aromatic carbocycles. The molecule has 2 heterocycles. The Labute approximate surface area is 117 Å². The minimum absolute atomic E-state index is 0.832. The quantitative estimate of drug-likeness (QED) is 0.893. The van der Waals surface area contributed by atoms with E-state index in [-0.39, 0.29) is 0 Å². The number of aryl methyl sites for hydroxylation is 1. The first-order valence-corrected chi connectivity index (χ1v) is 7.72. The lowest BCUT2D eigenvalue weighted by Crippen LogP contribution is -2.44. The van der Waals surface area contributed by atoms with Gasteiger partial charge in [-0.15, -0.1) is 0 Å². The highest BCUT2D eigenvalue weighted by molar-refractivity contribution is 5.21. The van der Waals surface area contributed by atoms with Crippen LogP contribution in [0.2, 0.25) is 0 Å². The van der Waals surface area contributed by atoms with Crippen LogP contribution >= 0.6 is 0 Å². The van der Waals surface area contributed by atoms with Crippen molar-refractivity contribution in [2.75, 3.05) is 13.6 Å². The van der Waals surface area contributed by atoms with Crippen molar-refractivity contribution in [1.82, 2.24) is 10.2 Å². The van der Waals surface area contributed by atoms with E-state index >= 15 is 0 Å². The zero-order chi connectivity index (χ0) is 13.2. The fourth-order valence-corrected chi connectivity index (χ4v) is 4.00. The maximum Gasteiger partial charge on any atom is 0.0239 e. The van der Waals surface area contributed by atoms with Crippen molar-refractivity contribution in [2.45, 2.75) is 51.2 Å². The SMILES string of the molecule is CNCC1CC2CCC(C1)N2Cc1ccc(C)cc1. The van der Waals surface area contributed by atoms with Gasteiger partial charge in [-0.3, -0.25) is 4.90 Å².